The van der Waals surface area contributed by atoms with Crippen LogP contribution in [0.25, 0.3) is 0 Å². The van der Waals surface area contributed by atoms with Gasteiger partial charge in [-0.25, -0.2) is 4.98 Å². The zero-order chi connectivity index (χ0) is 19.5. The Morgan fingerprint density at radius 3 is 2.71 bits per heavy atom. The third-order valence-corrected chi connectivity index (χ3v) is 5.83. The summed E-state index contributed by atoms with van der Waals surface area (Å²) in [5, 5.41) is 9.67. The first-order valence-corrected chi connectivity index (χ1v) is 10.3. The maximum absolute atomic E-state index is 9.67. The summed E-state index contributed by atoms with van der Waals surface area (Å²) in [6.07, 6.45) is 3.16. The molecule has 1 saturated heterocycles. The first kappa shape index (κ1) is 19.2. The quantitative estimate of drug-likeness (QED) is 0.858. The first-order valence-electron chi connectivity index (χ1n) is 10.3. The number of aliphatic hydroxyl groups is 1. The highest BCUT2D eigenvalue weighted by Crippen LogP contribution is 2.31. The second-order valence-electron chi connectivity index (χ2n) is 8.25. The monoisotopic (exact) mass is 381 g/mol. The third kappa shape index (κ3) is 4.13. The predicted molar refractivity (Wildman–Crippen MR) is 113 cm³/mol. The van der Waals surface area contributed by atoms with Gasteiger partial charge in [-0.3, -0.25) is 4.90 Å². The van der Waals surface area contributed by atoms with Crippen molar-refractivity contribution >= 4 is 11.8 Å². The molecule has 0 saturated carbocycles. The lowest BCUT2D eigenvalue weighted by Gasteiger charge is -2.37. The van der Waals surface area contributed by atoms with E-state index in [2.05, 4.69) is 40.1 Å². The number of rotatable bonds is 5. The number of hydrogen-bond donors (Lipinski definition) is 1. The molecule has 1 aromatic heterocycles. The Morgan fingerprint density at radius 1 is 1.14 bits per heavy atom. The van der Waals surface area contributed by atoms with Crippen molar-refractivity contribution in [1.29, 1.82) is 0 Å². The number of nitrogens with zero attached hydrogens (tertiary/aromatic N) is 5. The van der Waals surface area contributed by atoms with Crippen LogP contribution in [0.4, 0.5) is 11.8 Å². The van der Waals surface area contributed by atoms with Crippen LogP contribution in [0.15, 0.2) is 30.3 Å². The van der Waals surface area contributed by atoms with E-state index in [1.54, 1.807) is 0 Å². The Bertz CT molecular complexity index is 795. The van der Waals surface area contributed by atoms with Gasteiger partial charge in [0.25, 0.3) is 0 Å². The van der Waals surface area contributed by atoms with E-state index in [4.69, 9.17) is 9.97 Å². The smallest absolute Gasteiger partial charge is 0.227 e. The molecule has 0 radical (unpaired) electrons. The van der Waals surface area contributed by atoms with Crippen molar-refractivity contribution in [3.05, 3.63) is 47.2 Å². The normalized spacial score (nSPS) is 20.1. The van der Waals surface area contributed by atoms with Crippen LogP contribution in [-0.4, -0.2) is 60.3 Å². The van der Waals surface area contributed by atoms with Gasteiger partial charge in [0.15, 0.2) is 0 Å². The van der Waals surface area contributed by atoms with Gasteiger partial charge in [0.2, 0.25) is 5.95 Å². The highest BCUT2D eigenvalue weighted by atomic mass is 16.3. The molecule has 0 bridgehead atoms. The van der Waals surface area contributed by atoms with Gasteiger partial charge in [-0.05, 0) is 24.3 Å². The van der Waals surface area contributed by atoms with E-state index in [1.165, 1.54) is 16.8 Å². The topological polar surface area (TPSA) is 55.7 Å². The third-order valence-electron chi connectivity index (χ3n) is 5.83. The van der Waals surface area contributed by atoms with Crippen LogP contribution in [0.3, 0.4) is 0 Å². The molecule has 1 atom stereocenters. The van der Waals surface area contributed by atoms with E-state index >= 15 is 0 Å². The van der Waals surface area contributed by atoms with Crippen LogP contribution in [0.2, 0.25) is 0 Å². The van der Waals surface area contributed by atoms with Crippen molar-refractivity contribution in [1.82, 2.24) is 14.9 Å². The number of aromatic nitrogens is 2. The molecule has 6 heteroatoms. The van der Waals surface area contributed by atoms with Gasteiger partial charge in [0.1, 0.15) is 5.82 Å². The second-order valence-corrected chi connectivity index (χ2v) is 8.25. The lowest BCUT2D eigenvalue weighted by Crippen LogP contribution is -2.40. The van der Waals surface area contributed by atoms with Crippen LogP contribution in [0, 0.1) is 5.92 Å². The standard InChI is InChI=1S/C22H31N5O/c1-25(2)22-23-20-10-12-26(13-17-7-4-3-5-8-17)15-19(20)21(24-22)27-11-6-9-18(14-27)16-28/h3-5,7-8,18,28H,6,9-16H2,1-2H3. The zero-order valence-electron chi connectivity index (χ0n) is 17.0. The summed E-state index contributed by atoms with van der Waals surface area (Å²) in [6.45, 7) is 4.99. The molecule has 2 aliphatic heterocycles. The highest BCUT2D eigenvalue weighted by molar-refractivity contribution is 5.54. The Hall–Kier alpha value is -2.18. The molecule has 28 heavy (non-hydrogen) atoms. The van der Waals surface area contributed by atoms with Crippen LogP contribution >= 0.6 is 0 Å². The van der Waals surface area contributed by atoms with E-state index < -0.39 is 0 Å². The largest absolute Gasteiger partial charge is 0.396 e. The zero-order valence-corrected chi connectivity index (χ0v) is 17.0. The molecular weight excluding hydrogens is 350 g/mol. The van der Waals surface area contributed by atoms with Crippen LogP contribution in [0.1, 0.15) is 29.7 Å². The summed E-state index contributed by atoms with van der Waals surface area (Å²) in [7, 11) is 4.01. The molecule has 1 unspecified atom stereocenters. The first-order chi connectivity index (χ1) is 13.6. The minimum Gasteiger partial charge on any atom is -0.396 e. The van der Waals surface area contributed by atoms with Crippen molar-refractivity contribution < 1.29 is 5.11 Å². The van der Waals surface area contributed by atoms with Crippen LogP contribution in [0.5, 0.6) is 0 Å². The molecule has 1 aromatic carbocycles. The van der Waals surface area contributed by atoms with Crippen molar-refractivity contribution in [3.8, 4) is 0 Å². The van der Waals surface area contributed by atoms with Gasteiger partial charge >= 0.3 is 0 Å². The fourth-order valence-corrected chi connectivity index (χ4v) is 4.28. The molecular formula is C22H31N5O. The van der Waals surface area contributed by atoms with Gasteiger partial charge in [-0.2, -0.15) is 4.98 Å². The molecule has 6 nitrogen and oxygen atoms in total. The summed E-state index contributed by atoms with van der Waals surface area (Å²) in [5.74, 6) is 2.20. The molecule has 0 spiro atoms. The van der Waals surface area contributed by atoms with E-state index in [1.807, 2.05) is 19.0 Å². The molecule has 150 valence electrons. The van der Waals surface area contributed by atoms with Gasteiger partial charge in [-0.1, -0.05) is 30.3 Å². The summed E-state index contributed by atoms with van der Waals surface area (Å²) < 4.78 is 0. The maximum Gasteiger partial charge on any atom is 0.227 e. The predicted octanol–water partition coefficient (Wildman–Crippen LogP) is 2.31. The van der Waals surface area contributed by atoms with Gasteiger partial charge < -0.3 is 14.9 Å². The van der Waals surface area contributed by atoms with Gasteiger partial charge in [0.05, 0.1) is 5.69 Å². The summed E-state index contributed by atoms with van der Waals surface area (Å²) in [6, 6.07) is 10.7. The van der Waals surface area contributed by atoms with E-state index in [-0.39, 0.29) is 6.61 Å². The fraction of sp³-hybridized carbons (Fsp3) is 0.545. The number of anilines is 2. The molecule has 2 aliphatic rings. The van der Waals surface area contributed by atoms with Gasteiger partial charge in [0, 0.05) is 65.4 Å². The van der Waals surface area contributed by atoms with Crippen molar-refractivity contribution in [2.45, 2.75) is 32.4 Å². The molecule has 0 amide bonds. The lowest BCUT2D eigenvalue weighted by atomic mass is 9.97. The second kappa shape index (κ2) is 8.45. The van der Waals surface area contributed by atoms with Gasteiger partial charge in [-0.15, -0.1) is 0 Å². The molecule has 1 N–H and O–H groups in total. The van der Waals surface area contributed by atoms with E-state index in [9.17, 15) is 5.11 Å². The van der Waals surface area contributed by atoms with E-state index in [0.717, 1.165) is 63.8 Å². The number of benzene rings is 1. The summed E-state index contributed by atoms with van der Waals surface area (Å²) in [5.41, 5.74) is 3.80. The highest BCUT2D eigenvalue weighted by Gasteiger charge is 2.28. The molecule has 3 heterocycles. The van der Waals surface area contributed by atoms with Crippen molar-refractivity contribution in [2.24, 2.45) is 5.92 Å². The van der Waals surface area contributed by atoms with Crippen LogP contribution in [-0.2, 0) is 19.5 Å². The Kier molecular flexibility index (Phi) is 5.78. The molecule has 1 fully saturated rings. The average molecular weight is 382 g/mol. The Balaban J connectivity index is 1.63. The number of aliphatic hydroxyl groups excluding tert-OH is 1. The lowest BCUT2D eigenvalue weighted by molar-refractivity contribution is 0.207. The maximum atomic E-state index is 9.67. The van der Waals surface area contributed by atoms with E-state index in [0.29, 0.717) is 5.92 Å². The van der Waals surface area contributed by atoms with Crippen LogP contribution < -0.4 is 9.80 Å². The number of hydrogen-bond acceptors (Lipinski definition) is 6. The Morgan fingerprint density at radius 2 is 1.96 bits per heavy atom. The molecule has 2 aromatic rings. The summed E-state index contributed by atoms with van der Waals surface area (Å²) in [4.78, 5) is 16.7. The molecule has 0 aliphatic carbocycles. The minimum atomic E-state index is 0.254. The number of piperidine rings is 1. The van der Waals surface area contributed by atoms with Crippen molar-refractivity contribution in [3.63, 3.8) is 0 Å². The summed E-state index contributed by atoms with van der Waals surface area (Å²) >= 11 is 0. The SMILES string of the molecule is CN(C)c1nc2c(c(N3CCCC(CO)C3)n1)CN(Cc1ccccc1)CC2. The number of fused-ring (bicyclic) bond motifs is 1. The Labute approximate surface area is 167 Å². The average Bonchev–Trinajstić information content (AvgIpc) is 2.73. The fourth-order valence-electron chi connectivity index (χ4n) is 4.28. The minimum absolute atomic E-state index is 0.254. The molecule has 4 rings (SSSR count). The van der Waals surface area contributed by atoms with Crippen molar-refractivity contribution in [2.75, 3.05) is 50.1 Å².